The minimum Gasteiger partial charge on any atom is -0.420 e. The van der Waals surface area contributed by atoms with E-state index in [-0.39, 0.29) is 5.94 Å². The van der Waals surface area contributed by atoms with Gasteiger partial charge >= 0.3 is 6.16 Å². The summed E-state index contributed by atoms with van der Waals surface area (Å²) in [5, 5.41) is 21.7. The Hall–Kier alpha value is -1.35. The van der Waals surface area contributed by atoms with Crippen LogP contribution in [0.2, 0.25) is 0 Å². The molecular formula is C8H14N5O3S. The Morgan fingerprint density at radius 1 is 1.53 bits per heavy atom. The molecule has 8 nitrogen and oxygen atoms in total. The first-order chi connectivity index (χ1) is 8.09. The van der Waals surface area contributed by atoms with Gasteiger partial charge in [0.25, 0.3) is 0 Å². The second-order valence-electron chi connectivity index (χ2n) is 3.50. The van der Waals surface area contributed by atoms with E-state index in [4.69, 9.17) is 0 Å². The SMILES string of the molecule is CN(C)CCCn1nnnc1SCOC([O])=O. The number of aryl methyl sites for hydroxylation is 1. The van der Waals surface area contributed by atoms with Crippen molar-refractivity contribution >= 4 is 17.9 Å². The number of rotatable bonds is 7. The Morgan fingerprint density at radius 3 is 2.94 bits per heavy atom. The molecule has 0 fully saturated rings. The van der Waals surface area contributed by atoms with E-state index in [0.717, 1.165) is 24.7 Å². The lowest BCUT2D eigenvalue weighted by molar-refractivity contribution is 0.0830. The molecule has 0 atom stereocenters. The van der Waals surface area contributed by atoms with Crippen molar-refractivity contribution in [2.24, 2.45) is 0 Å². The monoisotopic (exact) mass is 260 g/mol. The van der Waals surface area contributed by atoms with Crippen LogP contribution in [0.3, 0.4) is 0 Å². The predicted molar refractivity (Wildman–Crippen MR) is 58.9 cm³/mol. The van der Waals surface area contributed by atoms with Gasteiger partial charge in [0.2, 0.25) is 5.16 Å². The maximum absolute atomic E-state index is 10.0. The number of tetrazole rings is 1. The highest BCUT2D eigenvalue weighted by Gasteiger charge is 2.08. The van der Waals surface area contributed by atoms with Gasteiger partial charge in [-0.05, 0) is 49.2 Å². The minimum absolute atomic E-state index is 0.0730. The van der Waals surface area contributed by atoms with Gasteiger partial charge in [0.15, 0.2) is 0 Å². The molecule has 0 saturated carbocycles. The summed E-state index contributed by atoms with van der Waals surface area (Å²) in [6.07, 6.45) is -0.642. The van der Waals surface area contributed by atoms with Gasteiger partial charge in [0, 0.05) is 6.54 Å². The zero-order valence-corrected chi connectivity index (χ0v) is 10.5. The van der Waals surface area contributed by atoms with Gasteiger partial charge in [-0.15, -0.1) is 5.10 Å². The van der Waals surface area contributed by atoms with E-state index in [9.17, 15) is 9.90 Å². The molecule has 0 amide bonds. The standard InChI is InChI=1S/C8H14N5O3S/c1-12(2)4-3-5-13-7(9-10-11-13)17-6-16-8(14)15/h3-6H2,1-2H3. The van der Waals surface area contributed by atoms with Crippen LogP contribution in [0, 0.1) is 0 Å². The first-order valence-corrected chi connectivity index (χ1v) is 5.95. The van der Waals surface area contributed by atoms with Crippen molar-refractivity contribution < 1.29 is 14.6 Å². The molecule has 1 aromatic heterocycles. The number of ether oxygens (including phenoxy) is 1. The van der Waals surface area contributed by atoms with E-state index in [1.807, 2.05) is 14.1 Å². The smallest absolute Gasteiger partial charge is 0.420 e. The fourth-order valence-corrected chi connectivity index (χ4v) is 1.74. The number of hydrogen-bond acceptors (Lipinski definition) is 7. The van der Waals surface area contributed by atoms with Crippen LogP contribution >= 0.6 is 11.8 Å². The maximum Gasteiger partial charge on any atom is 0.550 e. The highest BCUT2D eigenvalue weighted by molar-refractivity contribution is 7.99. The number of nitrogens with zero attached hydrogens (tertiary/aromatic N) is 5. The second-order valence-corrected chi connectivity index (χ2v) is 4.39. The van der Waals surface area contributed by atoms with Crippen molar-refractivity contribution in [1.82, 2.24) is 25.1 Å². The van der Waals surface area contributed by atoms with Crippen LogP contribution in [-0.4, -0.2) is 57.8 Å². The molecule has 0 aliphatic carbocycles. The average Bonchev–Trinajstić information content (AvgIpc) is 2.65. The molecule has 0 saturated heterocycles. The molecule has 1 radical (unpaired) electrons. The van der Waals surface area contributed by atoms with E-state index in [0.29, 0.717) is 11.7 Å². The summed E-state index contributed by atoms with van der Waals surface area (Å²) in [7, 11) is 3.98. The second kappa shape index (κ2) is 7.07. The zero-order valence-electron chi connectivity index (χ0n) is 9.70. The van der Waals surface area contributed by atoms with Gasteiger partial charge in [0.1, 0.15) is 5.94 Å². The summed E-state index contributed by atoms with van der Waals surface area (Å²) in [5.41, 5.74) is 0. The number of carbonyl (C=O) groups excluding carboxylic acids is 1. The van der Waals surface area contributed by atoms with Crippen molar-refractivity contribution in [2.45, 2.75) is 18.1 Å². The van der Waals surface area contributed by atoms with Crippen LogP contribution in [-0.2, 0) is 16.4 Å². The molecule has 0 N–H and O–H groups in total. The van der Waals surface area contributed by atoms with Crippen molar-refractivity contribution in [2.75, 3.05) is 26.6 Å². The van der Waals surface area contributed by atoms with Crippen molar-refractivity contribution in [3.8, 4) is 0 Å². The molecule has 1 heterocycles. The third-order valence-corrected chi connectivity index (χ3v) is 2.63. The Labute approximate surface area is 103 Å². The van der Waals surface area contributed by atoms with Gasteiger partial charge in [0.05, 0.1) is 0 Å². The molecule has 9 heteroatoms. The third-order valence-electron chi connectivity index (χ3n) is 1.84. The summed E-state index contributed by atoms with van der Waals surface area (Å²) >= 11 is 1.11. The first kappa shape index (κ1) is 13.7. The predicted octanol–water partition coefficient (Wildman–Crippen LogP) is 0.241. The first-order valence-electron chi connectivity index (χ1n) is 4.97. The molecule has 0 spiro atoms. The number of hydrogen-bond donors (Lipinski definition) is 0. The van der Waals surface area contributed by atoms with Crippen molar-refractivity contribution in [3.05, 3.63) is 0 Å². The largest absolute Gasteiger partial charge is 0.550 e. The van der Waals surface area contributed by atoms with Gasteiger partial charge in [-0.1, -0.05) is 0 Å². The molecule has 0 aromatic carbocycles. The van der Waals surface area contributed by atoms with Crippen LogP contribution in [0.5, 0.6) is 0 Å². The molecule has 1 rings (SSSR count). The van der Waals surface area contributed by atoms with Crippen molar-refractivity contribution in [1.29, 1.82) is 0 Å². The summed E-state index contributed by atoms with van der Waals surface area (Å²) in [5.74, 6) is -0.0730. The molecule has 0 aliphatic rings. The summed E-state index contributed by atoms with van der Waals surface area (Å²) in [6, 6.07) is 0. The summed E-state index contributed by atoms with van der Waals surface area (Å²) in [4.78, 5) is 12.1. The molecule has 0 bridgehead atoms. The quantitative estimate of drug-likeness (QED) is 0.394. The zero-order chi connectivity index (χ0) is 12.7. The molecule has 0 unspecified atom stereocenters. The Morgan fingerprint density at radius 2 is 2.29 bits per heavy atom. The van der Waals surface area contributed by atoms with Crippen LogP contribution in [0.15, 0.2) is 5.16 Å². The van der Waals surface area contributed by atoms with Gasteiger partial charge in [-0.3, -0.25) is 0 Å². The lowest BCUT2D eigenvalue weighted by atomic mass is 10.4. The van der Waals surface area contributed by atoms with Crippen LogP contribution < -0.4 is 0 Å². The molecular weight excluding hydrogens is 246 g/mol. The lowest BCUT2D eigenvalue weighted by Crippen LogP contribution is -2.15. The fraction of sp³-hybridized carbons (Fsp3) is 0.750. The van der Waals surface area contributed by atoms with Gasteiger partial charge in [-0.2, -0.15) is 9.90 Å². The molecule has 17 heavy (non-hydrogen) atoms. The van der Waals surface area contributed by atoms with E-state index < -0.39 is 6.16 Å². The third kappa shape index (κ3) is 5.50. The minimum atomic E-state index is -1.55. The Balaban J connectivity index is 2.34. The maximum atomic E-state index is 10.0. The fourth-order valence-electron chi connectivity index (χ4n) is 1.11. The van der Waals surface area contributed by atoms with Gasteiger partial charge in [-0.25, -0.2) is 4.68 Å². The van der Waals surface area contributed by atoms with Crippen LogP contribution in [0.1, 0.15) is 6.42 Å². The molecule has 0 aliphatic heterocycles. The summed E-state index contributed by atoms with van der Waals surface area (Å²) < 4.78 is 5.88. The average molecular weight is 260 g/mol. The van der Waals surface area contributed by atoms with Crippen LogP contribution in [0.25, 0.3) is 0 Å². The van der Waals surface area contributed by atoms with E-state index in [1.54, 1.807) is 4.68 Å². The highest BCUT2D eigenvalue weighted by Crippen LogP contribution is 2.13. The highest BCUT2D eigenvalue weighted by atomic mass is 32.2. The topological polar surface area (TPSA) is 93.0 Å². The normalized spacial score (nSPS) is 10.8. The number of carbonyl (C=O) groups is 1. The lowest BCUT2D eigenvalue weighted by Gasteiger charge is -2.09. The molecule has 1 aromatic rings. The van der Waals surface area contributed by atoms with E-state index in [2.05, 4.69) is 25.2 Å². The molecule has 95 valence electrons. The van der Waals surface area contributed by atoms with E-state index >= 15 is 0 Å². The number of aromatic nitrogens is 4. The number of thioether (sulfide) groups is 1. The van der Waals surface area contributed by atoms with E-state index in [1.165, 1.54) is 0 Å². The van der Waals surface area contributed by atoms with Crippen molar-refractivity contribution in [3.63, 3.8) is 0 Å². The van der Waals surface area contributed by atoms with Crippen LogP contribution in [0.4, 0.5) is 4.79 Å². The Kier molecular flexibility index (Phi) is 5.70. The summed E-state index contributed by atoms with van der Waals surface area (Å²) in [6.45, 7) is 1.61. The van der Waals surface area contributed by atoms with Gasteiger partial charge < -0.3 is 9.64 Å². The Bertz CT molecular complexity index is 357.